The summed E-state index contributed by atoms with van der Waals surface area (Å²) in [5.74, 6) is 0.0901. The fraction of sp³-hybridized carbons (Fsp3) is 0.278. The summed E-state index contributed by atoms with van der Waals surface area (Å²) in [6, 6.07) is 10.2. The predicted molar refractivity (Wildman–Crippen MR) is 99.4 cm³/mol. The summed E-state index contributed by atoms with van der Waals surface area (Å²) in [5.41, 5.74) is 7.74. The number of benzene rings is 2. The number of carbonyl (C=O) groups excluding carboxylic acids is 1. The molecule has 0 heterocycles. The lowest BCUT2D eigenvalue weighted by Crippen LogP contribution is -2.27. The lowest BCUT2D eigenvalue weighted by Gasteiger charge is -2.15. The van der Waals surface area contributed by atoms with E-state index in [1.165, 1.54) is 0 Å². The van der Waals surface area contributed by atoms with Crippen LogP contribution in [0.2, 0.25) is 10.0 Å². The van der Waals surface area contributed by atoms with Gasteiger partial charge in [-0.05, 0) is 49.2 Å². The molecular formula is C18H20Cl2N2O2. The highest BCUT2D eigenvalue weighted by molar-refractivity contribution is 6.34. The minimum Gasteiger partial charge on any atom is -0.491 e. The van der Waals surface area contributed by atoms with Crippen LogP contribution < -0.4 is 15.8 Å². The van der Waals surface area contributed by atoms with Gasteiger partial charge in [-0.2, -0.15) is 0 Å². The van der Waals surface area contributed by atoms with E-state index in [0.717, 1.165) is 12.0 Å². The largest absolute Gasteiger partial charge is 0.491 e. The maximum atomic E-state index is 12.6. The van der Waals surface area contributed by atoms with Crippen LogP contribution >= 0.6 is 23.2 Å². The molecule has 0 fully saturated rings. The van der Waals surface area contributed by atoms with Crippen LogP contribution in [0.4, 0.5) is 5.69 Å². The molecule has 128 valence electrons. The molecule has 0 saturated carbocycles. The van der Waals surface area contributed by atoms with Crippen molar-refractivity contribution in [1.82, 2.24) is 0 Å². The number of rotatable bonds is 6. The van der Waals surface area contributed by atoms with E-state index < -0.39 is 0 Å². The molecule has 0 spiro atoms. The van der Waals surface area contributed by atoms with E-state index in [4.69, 9.17) is 33.7 Å². The smallest absolute Gasteiger partial charge is 0.259 e. The minimum atomic E-state index is -0.344. The van der Waals surface area contributed by atoms with Crippen molar-refractivity contribution < 1.29 is 9.53 Å². The molecule has 2 rings (SSSR count). The van der Waals surface area contributed by atoms with Crippen LogP contribution in [0, 0.1) is 6.92 Å². The van der Waals surface area contributed by atoms with Gasteiger partial charge in [-0.3, -0.25) is 4.79 Å². The quantitative estimate of drug-likeness (QED) is 0.780. The number of hydrogen-bond donors (Lipinski definition) is 2. The predicted octanol–water partition coefficient (Wildman–Crippen LogP) is 4.67. The van der Waals surface area contributed by atoms with Crippen molar-refractivity contribution in [3.63, 3.8) is 0 Å². The third-order valence-corrected chi connectivity index (χ3v) is 4.08. The Balaban J connectivity index is 2.22. The molecule has 0 aliphatic rings. The summed E-state index contributed by atoms with van der Waals surface area (Å²) in [6.07, 6.45) is 0.786. The van der Waals surface area contributed by atoms with Gasteiger partial charge in [-0.1, -0.05) is 36.2 Å². The van der Waals surface area contributed by atoms with Crippen molar-refractivity contribution >= 4 is 34.8 Å². The number of aryl methyl sites for hydroxylation is 1. The molecule has 4 nitrogen and oxygen atoms in total. The van der Waals surface area contributed by atoms with Gasteiger partial charge in [-0.25, -0.2) is 0 Å². The Bertz CT molecular complexity index is 735. The molecule has 1 amide bonds. The van der Waals surface area contributed by atoms with Gasteiger partial charge in [0.15, 0.2) is 0 Å². The summed E-state index contributed by atoms with van der Waals surface area (Å²) in [7, 11) is 0. The first-order chi connectivity index (χ1) is 11.4. The van der Waals surface area contributed by atoms with Crippen molar-refractivity contribution in [3.8, 4) is 5.75 Å². The second-order valence-electron chi connectivity index (χ2n) is 5.56. The minimum absolute atomic E-state index is 0.0943. The van der Waals surface area contributed by atoms with E-state index in [-0.39, 0.29) is 11.9 Å². The summed E-state index contributed by atoms with van der Waals surface area (Å²) >= 11 is 12.2. The van der Waals surface area contributed by atoms with E-state index in [1.807, 2.05) is 19.9 Å². The first-order valence-electron chi connectivity index (χ1n) is 7.66. The maximum absolute atomic E-state index is 12.6. The Kier molecular flexibility index (Phi) is 6.49. The van der Waals surface area contributed by atoms with Crippen LogP contribution in [0.25, 0.3) is 0 Å². The van der Waals surface area contributed by atoms with E-state index in [0.29, 0.717) is 33.7 Å². The van der Waals surface area contributed by atoms with Crippen molar-refractivity contribution in [3.05, 3.63) is 57.6 Å². The molecule has 1 atom stereocenters. The van der Waals surface area contributed by atoms with Crippen molar-refractivity contribution in [2.24, 2.45) is 5.73 Å². The second kappa shape index (κ2) is 8.38. The normalized spacial score (nSPS) is 11.9. The highest BCUT2D eigenvalue weighted by Crippen LogP contribution is 2.27. The number of hydrogen-bond acceptors (Lipinski definition) is 3. The first-order valence-corrected chi connectivity index (χ1v) is 8.41. The van der Waals surface area contributed by atoms with Crippen LogP contribution in [-0.2, 0) is 0 Å². The fourth-order valence-electron chi connectivity index (χ4n) is 2.03. The number of nitrogens with two attached hydrogens (primary N) is 1. The third kappa shape index (κ3) is 4.87. The summed E-state index contributed by atoms with van der Waals surface area (Å²) in [6.45, 7) is 4.23. The van der Waals surface area contributed by atoms with Crippen molar-refractivity contribution in [1.29, 1.82) is 0 Å². The van der Waals surface area contributed by atoms with Gasteiger partial charge in [0.1, 0.15) is 12.4 Å². The highest BCUT2D eigenvalue weighted by atomic mass is 35.5. The van der Waals surface area contributed by atoms with Gasteiger partial charge in [0, 0.05) is 11.1 Å². The molecule has 24 heavy (non-hydrogen) atoms. The molecule has 0 bridgehead atoms. The molecule has 0 saturated heterocycles. The van der Waals surface area contributed by atoms with Crippen LogP contribution in [0.5, 0.6) is 5.75 Å². The zero-order valence-electron chi connectivity index (χ0n) is 13.6. The van der Waals surface area contributed by atoms with Crippen LogP contribution in [-0.4, -0.2) is 18.6 Å². The molecule has 2 aromatic carbocycles. The summed E-state index contributed by atoms with van der Waals surface area (Å²) in [5, 5.41) is 3.70. The molecule has 0 unspecified atom stereocenters. The van der Waals surface area contributed by atoms with Gasteiger partial charge in [0.25, 0.3) is 5.91 Å². The summed E-state index contributed by atoms with van der Waals surface area (Å²) in [4.78, 5) is 12.6. The van der Waals surface area contributed by atoms with E-state index >= 15 is 0 Å². The molecule has 0 aliphatic carbocycles. The number of ether oxygens (including phenoxy) is 1. The van der Waals surface area contributed by atoms with Crippen LogP contribution in [0.15, 0.2) is 36.4 Å². The maximum Gasteiger partial charge on any atom is 0.259 e. The van der Waals surface area contributed by atoms with E-state index in [1.54, 1.807) is 30.3 Å². The Morgan fingerprint density at radius 2 is 2.00 bits per heavy atom. The molecule has 6 heteroatoms. The van der Waals surface area contributed by atoms with E-state index in [9.17, 15) is 4.79 Å². The molecule has 0 aliphatic heterocycles. The van der Waals surface area contributed by atoms with Gasteiger partial charge in [-0.15, -0.1) is 0 Å². The number of anilines is 1. The lowest BCUT2D eigenvalue weighted by molar-refractivity contribution is 0.102. The SMILES string of the molecule is CC[C@H](N)COc1ccc(Cl)cc1C(=O)Nc1ccc(C)cc1Cl. The Hall–Kier alpha value is -1.75. The molecule has 0 radical (unpaired) electrons. The zero-order valence-corrected chi connectivity index (χ0v) is 15.1. The Morgan fingerprint density at radius 1 is 1.25 bits per heavy atom. The van der Waals surface area contributed by atoms with Crippen LogP contribution in [0.1, 0.15) is 29.3 Å². The lowest BCUT2D eigenvalue weighted by atomic mass is 10.1. The number of amides is 1. The Morgan fingerprint density at radius 3 is 2.67 bits per heavy atom. The highest BCUT2D eigenvalue weighted by Gasteiger charge is 2.16. The van der Waals surface area contributed by atoms with Gasteiger partial charge in [0.05, 0.1) is 16.3 Å². The van der Waals surface area contributed by atoms with Gasteiger partial charge in [0.2, 0.25) is 0 Å². The fourth-order valence-corrected chi connectivity index (χ4v) is 2.49. The number of carbonyl (C=O) groups is 1. The number of halogens is 2. The van der Waals surface area contributed by atoms with Crippen LogP contribution in [0.3, 0.4) is 0 Å². The average Bonchev–Trinajstić information content (AvgIpc) is 2.55. The van der Waals surface area contributed by atoms with Crippen molar-refractivity contribution in [2.75, 3.05) is 11.9 Å². The zero-order chi connectivity index (χ0) is 17.7. The van der Waals surface area contributed by atoms with E-state index in [2.05, 4.69) is 5.32 Å². The molecule has 0 aromatic heterocycles. The second-order valence-corrected chi connectivity index (χ2v) is 6.40. The third-order valence-electron chi connectivity index (χ3n) is 3.54. The van der Waals surface area contributed by atoms with Gasteiger partial charge >= 0.3 is 0 Å². The van der Waals surface area contributed by atoms with Crippen molar-refractivity contribution in [2.45, 2.75) is 26.3 Å². The van der Waals surface area contributed by atoms with Gasteiger partial charge < -0.3 is 15.8 Å². The topological polar surface area (TPSA) is 64.3 Å². The molecule has 2 aromatic rings. The average molecular weight is 367 g/mol. The summed E-state index contributed by atoms with van der Waals surface area (Å²) < 4.78 is 5.68. The molecular weight excluding hydrogens is 347 g/mol. The first kappa shape index (κ1) is 18.6. The number of nitrogens with one attached hydrogen (secondary N) is 1. The Labute approximate surface area is 151 Å². The standard InChI is InChI=1S/C18H20Cl2N2O2/c1-3-13(21)10-24-17-7-5-12(19)9-14(17)18(23)22-16-6-4-11(2)8-15(16)20/h4-9,13H,3,10,21H2,1-2H3,(H,22,23)/t13-/m0/s1. The monoisotopic (exact) mass is 366 g/mol. The molecule has 3 N–H and O–H groups in total.